The van der Waals surface area contributed by atoms with Crippen LogP contribution in [0, 0.1) is 0 Å². The lowest BCUT2D eigenvalue weighted by molar-refractivity contribution is 0.0342. The molecule has 1 fully saturated rings. The molecule has 0 atom stereocenters. The fourth-order valence-corrected chi connectivity index (χ4v) is 3.88. The third kappa shape index (κ3) is 6.34. The van der Waals surface area contributed by atoms with E-state index in [1.165, 1.54) is 16.0 Å². The number of hydrogen-bond donors (Lipinski definition) is 1. The number of ether oxygens (including phenoxy) is 1. The zero-order valence-electron chi connectivity index (χ0n) is 16.4. The third-order valence-corrected chi connectivity index (χ3v) is 5.77. The molecule has 1 aromatic carbocycles. The first kappa shape index (κ1) is 19.9. The highest BCUT2D eigenvalue weighted by molar-refractivity contribution is 7.09. The summed E-state index contributed by atoms with van der Waals surface area (Å²) in [6.07, 6.45) is 1.05. The molecule has 5 nitrogen and oxygen atoms in total. The average Bonchev–Trinajstić information content (AvgIpc) is 3.22. The van der Waals surface area contributed by atoms with E-state index in [0.29, 0.717) is 0 Å². The summed E-state index contributed by atoms with van der Waals surface area (Å²) in [4.78, 5) is 10.5. The number of benzene rings is 1. The second kappa shape index (κ2) is 10.4. The lowest BCUT2D eigenvalue weighted by atomic mass is 10.1. The van der Waals surface area contributed by atoms with Gasteiger partial charge in [-0.3, -0.25) is 9.89 Å². The van der Waals surface area contributed by atoms with Crippen molar-refractivity contribution in [2.45, 2.75) is 19.5 Å². The molecule has 1 aromatic heterocycles. The molecular weight excluding hydrogens is 356 g/mol. The van der Waals surface area contributed by atoms with Gasteiger partial charge in [0.25, 0.3) is 0 Å². The van der Waals surface area contributed by atoms with Gasteiger partial charge in [-0.15, -0.1) is 11.3 Å². The van der Waals surface area contributed by atoms with E-state index in [9.17, 15) is 0 Å². The lowest BCUT2D eigenvalue weighted by Gasteiger charge is -2.26. The molecule has 0 bridgehead atoms. The monoisotopic (exact) mass is 386 g/mol. The van der Waals surface area contributed by atoms with Gasteiger partial charge in [-0.1, -0.05) is 30.3 Å². The zero-order valence-corrected chi connectivity index (χ0v) is 17.2. The summed E-state index contributed by atoms with van der Waals surface area (Å²) in [6, 6.07) is 13.2. The van der Waals surface area contributed by atoms with Crippen LogP contribution in [0.3, 0.4) is 0 Å². The van der Waals surface area contributed by atoms with E-state index in [-0.39, 0.29) is 0 Å². The normalized spacial score (nSPS) is 15.7. The van der Waals surface area contributed by atoms with Crippen molar-refractivity contribution in [3.63, 3.8) is 0 Å². The van der Waals surface area contributed by atoms with Crippen molar-refractivity contribution >= 4 is 17.3 Å². The summed E-state index contributed by atoms with van der Waals surface area (Å²) >= 11 is 1.81. The minimum absolute atomic E-state index is 0.786. The van der Waals surface area contributed by atoms with Gasteiger partial charge in [0.2, 0.25) is 0 Å². The number of hydrogen-bond acceptors (Lipinski definition) is 4. The molecule has 1 aliphatic heterocycles. The predicted molar refractivity (Wildman–Crippen MR) is 113 cm³/mol. The van der Waals surface area contributed by atoms with Crippen LogP contribution in [-0.4, -0.2) is 62.7 Å². The van der Waals surface area contributed by atoms with Gasteiger partial charge in [-0.2, -0.15) is 0 Å². The third-order valence-electron chi connectivity index (χ3n) is 4.83. The maximum Gasteiger partial charge on any atom is 0.193 e. The van der Waals surface area contributed by atoms with E-state index in [0.717, 1.165) is 58.3 Å². The molecule has 0 aliphatic carbocycles. The smallest absolute Gasteiger partial charge is 0.193 e. The van der Waals surface area contributed by atoms with Gasteiger partial charge < -0.3 is 15.0 Å². The Morgan fingerprint density at radius 2 is 1.93 bits per heavy atom. The molecule has 0 amide bonds. The Balaban J connectivity index is 1.44. The van der Waals surface area contributed by atoms with Gasteiger partial charge in [0, 0.05) is 51.7 Å². The number of morpholine rings is 1. The highest BCUT2D eigenvalue weighted by atomic mass is 32.1. The van der Waals surface area contributed by atoms with Crippen LogP contribution in [0.4, 0.5) is 0 Å². The first-order chi connectivity index (χ1) is 13.2. The molecule has 3 rings (SSSR count). The molecule has 0 unspecified atom stereocenters. The minimum Gasteiger partial charge on any atom is -0.379 e. The second-order valence-electron chi connectivity index (χ2n) is 6.86. The van der Waals surface area contributed by atoms with Gasteiger partial charge in [0.05, 0.1) is 13.2 Å². The number of likely N-dealkylation sites (N-methyl/N-ethyl adjacent to an activating group) is 1. The van der Waals surface area contributed by atoms with Crippen molar-refractivity contribution in [2.75, 3.05) is 46.9 Å². The molecule has 1 aliphatic rings. The molecule has 1 saturated heterocycles. The summed E-state index contributed by atoms with van der Waals surface area (Å²) in [7, 11) is 3.93. The zero-order chi connectivity index (χ0) is 18.9. The maximum atomic E-state index is 5.41. The molecule has 0 radical (unpaired) electrons. The maximum absolute atomic E-state index is 5.41. The highest BCUT2D eigenvalue weighted by Crippen LogP contribution is 2.11. The fourth-order valence-electron chi connectivity index (χ4n) is 3.18. The number of nitrogens with zero attached hydrogens (tertiary/aromatic N) is 3. The summed E-state index contributed by atoms with van der Waals surface area (Å²) in [5.41, 5.74) is 2.63. The van der Waals surface area contributed by atoms with Crippen LogP contribution >= 0.6 is 11.3 Å². The van der Waals surface area contributed by atoms with Crippen molar-refractivity contribution in [1.29, 1.82) is 0 Å². The summed E-state index contributed by atoms with van der Waals surface area (Å²) in [5.74, 6) is 0.934. The van der Waals surface area contributed by atoms with Crippen molar-refractivity contribution in [3.05, 3.63) is 57.8 Å². The van der Waals surface area contributed by atoms with Gasteiger partial charge in [0.1, 0.15) is 0 Å². The van der Waals surface area contributed by atoms with Crippen molar-refractivity contribution in [2.24, 2.45) is 4.99 Å². The molecule has 0 saturated carbocycles. The summed E-state index contributed by atoms with van der Waals surface area (Å²) in [5, 5.41) is 5.60. The van der Waals surface area contributed by atoms with E-state index < -0.39 is 0 Å². The van der Waals surface area contributed by atoms with E-state index in [4.69, 9.17) is 4.74 Å². The molecule has 1 N–H and O–H groups in total. The Morgan fingerprint density at radius 3 is 2.59 bits per heavy atom. The number of rotatable bonds is 7. The highest BCUT2D eigenvalue weighted by Gasteiger charge is 2.11. The van der Waals surface area contributed by atoms with Gasteiger partial charge in [-0.25, -0.2) is 0 Å². The molecule has 2 aromatic rings. The Hall–Kier alpha value is -1.89. The van der Waals surface area contributed by atoms with Crippen LogP contribution in [0.15, 0.2) is 46.8 Å². The standard InChI is InChI=1S/C21H30N4OS/c1-22-21(24(2)10-9-20-4-3-15-27-20)23-16-18-5-7-19(8-6-18)17-25-11-13-26-14-12-25/h3-8,15H,9-14,16-17H2,1-2H3,(H,22,23). The number of thiophene rings is 1. The van der Waals surface area contributed by atoms with E-state index in [1.54, 1.807) is 0 Å². The summed E-state index contributed by atoms with van der Waals surface area (Å²) < 4.78 is 5.41. The van der Waals surface area contributed by atoms with E-state index in [1.807, 2.05) is 18.4 Å². The van der Waals surface area contributed by atoms with E-state index in [2.05, 4.69) is 68.9 Å². The fraction of sp³-hybridized carbons (Fsp3) is 0.476. The Bertz CT molecular complexity index is 693. The SMILES string of the molecule is CN=C(NCc1ccc(CN2CCOCC2)cc1)N(C)CCc1cccs1. The van der Waals surface area contributed by atoms with Gasteiger partial charge in [-0.05, 0) is 29.0 Å². The second-order valence-corrected chi connectivity index (χ2v) is 7.89. The first-order valence-corrected chi connectivity index (χ1v) is 10.4. The van der Waals surface area contributed by atoms with E-state index >= 15 is 0 Å². The van der Waals surface area contributed by atoms with Crippen LogP contribution in [0.5, 0.6) is 0 Å². The average molecular weight is 387 g/mol. The number of nitrogens with one attached hydrogen (secondary N) is 1. The molecule has 27 heavy (non-hydrogen) atoms. The van der Waals surface area contributed by atoms with Crippen LogP contribution in [0.2, 0.25) is 0 Å². The quantitative estimate of drug-likeness (QED) is 0.587. The summed E-state index contributed by atoms with van der Waals surface area (Å²) in [6.45, 7) is 6.49. The lowest BCUT2D eigenvalue weighted by Crippen LogP contribution is -2.39. The number of aliphatic imine (C=N–C) groups is 1. The van der Waals surface area contributed by atoms with Crippen LogP contribution in [-0.2, 0) is 24.2 Å². The van der Waals surface area contributed by atoms with Gasteiger partial charge in [0.15, 0.2) is 5.96 Å². The molecule has 0 spiro atoms. The van der Waals surface area contributed by atoms with Gasteiger partial charge >= 0.3 is 0 Å². The topological polar surface area (TPSA) is 40.1 Å². The largest absolute Gasteiger partial charge is 0.379 e. The van der Waals surface area contributed by atoms with Crippen molar-refractivity contribution in [3.8, 4) is 0 Å². The van der Waals surface area contributed by atoms with Crippen molar-refractivity contribution in [1.82, 2.24) is 15.1 Å². The molecule has 6 heteroatoms. The van der Waals surface area contributed by atoms with Crippen LogP contribution in [0.1, 0.15) is 16.0 Å². The Morgan fingerprint density at radius 1 is 1.19 bits per heavy atom. The Labute approximate surface area is 166 Å². The minimum atomic E-state index is 0.786. The first-order valence-electron chi connectivity index (χ1n) is 9.56. The van der Waals surface area contributed by atoms with Crippen molar-refractivity contribution < 1.29 is 4.74 Å². The molecule has 2 heterocycles. The Kier molecular flexibility index (Phi) is 7.68. The van der Waals surface area contributed by atoms with Crippen LogP contribution < -0.4 is 5.32 Å². The molecular formula is C21H30N4OS. The van der Waals surface area contributed by atoms with Crippen LogP contribution in [0.25, 0.3) is 0 Å². The number of guanidine groups is 1. The molecule has 146 valence electrons. The predicted octanol–water partition coefficient (Wildman–Crippen LogP) is 2.83.